The Labute approximate surface area is 191 Å². The van der Waals surface area contributed by atoms with Crippen LogP contribution in [-0.4, -0.2) is 0 Å². The van der Waals surface area contributed by atoms with Gasteiger partial charge in [-0.05, 0) is 105 Å². The van der Waals surface area contributed by atoms with E-state index < -0.39 is 0 Å². The smallest absolute Gasteiger partial charge is 0.0139 e. The highest BCUT2D eigenvalue weighted by atomic mass is 14.6. The SMILES string of the molecule is C=C(C)CCC1(C)C(C)CC(=C)C2C1CCC1(C)C(CC(C)C)CCC21.CC.CC. The van der Waals surface area contributed by atoms with E-state index >= 15 is 0 Å². The molecule has 0 aliphatic heterocycles. The Hall–Kier alpha value is -0.520. The average molecular weight is 417 g/mol. The van der Waals surface area contributed by atoms with Gasteiger partial charge in [-0.1, -0.05) is 80.0 Å². The number of fused-ring (bicyclic) bond motifs is 3. The molecule has 3 aliphatic rings. The molecular formula is C30H56. The third-order valence-corrected chi connectivity index (χ3v) is 9.33. The summed E-state index contributed by atoms with van der Waals surface area (Å²) in [5, 5.41) is 0. The van der Waals surface area contributed by atoms with Crippen LogP contribution in [0.5, 0.6) is 0 Å². The fraction of sp³-hybridized carbons (Fsp3) is 0.867. The van der Waals surface area contributed by atoms with E-state index in [0.29, 0.717) is 10.8 Å². The zero-order valence-electron chi connectivity index (χ0n) is 22.5. The van der Waals surface area contributed by atoms with Crippen LogP contribution in [0.4, 0.5) is 0 Å². The van der Waals surface area contributed by atoms with Crippen molar-refractivity contribution in [2.75, 3.05) is 0 Å². The highest BCUT2D eigenvalue weighted by Gasteiger charge is 2.59. The minimum absolute atomic E-state index is 0.474. The quantitative estimate of drug-likeness (QED) is 0.391. The first-order chi connectivity index (χ1) is 14.1. The highest BCUT2D eigenvalue weighted by Crippen LogP contribution is 2.67. The molecule has 3 rings (SSSR count). The Bertz CT molecular complexity index is 554. The highest BCUT2D eigenvalue weighted by molar-refractivity contribution is 5.20. The van der Waals surface area contributed by atoms with Gasteiger partial charge < -0.3 is 0 Å². The van der Waals surface area contributed by atoms with E-state index in [1.165, 1.54) is 56.9 Å². The second-order valence-corrected chi connectivity index (χ2v) is 11.4. The summed E-state index contributed by atoms with van der Waals surface area (Å²) in [7, 11) is 0. The molecule has 3 aliphatic carbocycles. The monoisotopic (exact) mass is 416 g/mol. The van der Waals surface area contributed by atoms with Crippen molar-refractivity contribution < 1.29 is 0 Å². The van der Waals surface area contributed by atoms with Gasteiger partial charge in [0.2, 0.25) is 0 Å². The van der Waals surface area contributed by atoms with Crippen LogP contribution in [0.3, 0.4) is 0 Å². The van der Waals surface area contributed by atoms with E-state index in [9.17, 15) is 0 Å². The maximum absolute atomic E-state index is 4.67. The molecule has 0 N–H and O–H groups in total. The summed E-state index contributed by atoms with van der Waals surface area (Å²) >= 11 is 0. The van der Waals surface area contributed by atoms with E-state index in [4.69, 9.17) is 0 Å². The molecule has 3 fully saturated rings. The summed E-state index contributed by atoms with van der Waals surface area (Å²) in [4.78, 5) is 0. The van der Waals surface area contributed by atoms with Crippen molar-refractivity contribution in [3.05, 3.63) is 24.3 Å². The molecule has 0 bridgehead atoms. The normalized spacial score (nSPS) is 39.8. The number of allylic oxidation sites excluding steroid dienone is 2. The van der Waals surface area contributed by atoms with Crippen molar-refractivity contribution in [2.45, 2.75) is 121 Å². The first-order valence-electron chi connectivity index (χ1n) is 13.4. The van der Waals surface area contributed by atoms with Gasteiger partial charge in [0, 0.05) is 0 Å². The predicted octanol–water partition coefficient (Wildman–Crippen LogP) is 10.1. The fourth-order valence-corrected chi connectivity index (χ4v) is 7.56. The number of hydrogen-bond acceptors (Lipinski definition) is 0. The molecule has 176 valence electrons. The summed E-state index contributed by atoms with van der Waals surface area (Å²) < 4.78 is 0. The molecule has 0 heteroatoms. The first-order valence-corrected chi connectivity index (χ1v) is 13.4. The molecule has 0 aromatic carbocycles. The minimum Gasteiger partial charge on any atom is -0.100 e. The van der Waals surface area contributed by atoms with Crippen LogP contribution >= 0.6 is 0 Å². The van der Waals surface area contributed by atoms with Crippen molar-refractivity contribution in [1.82, 2.24) is 0 Å². The van der Waals surface area contributed by atoms with Crippen molar-refractivity contribution in [3.63, 3.8) is 0 Å². The molecule has 0 nitrogen and oxygen atoms in total. The van der Waals surface area contributed by atoms with Crippen LogP contribution in [0.2, 0.25) is 0 Å². The predicted molar refractivity (Wildman–Crippen MR) is 138 cm³/mol. The number of rotatable bonds is 5. The van der Waals surface area contributed by atoms with Gasteiger partial charge in [0.05, 0.1) is 0 Å². The Morgan fingerprint density at radius 1 is 1.03 bits per heavy atom. The van der Waals surface area contributed by atoms with Gasteiger partial charge >= 0.3 is 0 Å². The summed E-state index contributed by atoms with van der Waals surface area (Å²) in [6.07, 6.45) is 11.0. The Balaban J connectivity index is 0.00000106. The number of hydrogen-bond donors (Lipinski definition) is 0. The van der Waals surface area contributed by atoms with Crippen LogP contribution in [0.1, 0.15) is 121 Å². The molecule has 0 radical (unpaired) electrons. The molecule has 0 spiro atoms. The summed E-state index contributed by atoms with van der Waals surface area (Å²) in [6.45, 7) is 31.7. The molecule has 0 heterocycles. The molecule has 0 amide bonds. The van der Waals surface area contributed by atoms with Gasteiger partial charge in [0.25, 0.3) is 0 Å². The van der Waals surface area contributed by atoms with E-state index in [-0.39, 0.29) is 0 Å². The zero-order valence-corrected chi connectivity index (χ0v) is 22.5. The lowest BCUT2D eigenvalue weighted by Crippen LogP contribution is -2.52. The maximum Gasteiger partial charge on any atom is -0.0139 e. The summed E-state index contributed by atoms with van der Waals surface area (Å²) in [5.41, 5.74) is 4.02. The lowest BCUT2D eigenvalue weighted by Gasteiger charge is -2.59. The van der Waals surface area contributed by atoms with Crippen LogP contribution in [0, 0.1) is 46.3 Å². The van der Waals surface area contributed by atoms with Crippen molar-refractivity contribution in [2.24, 2.45) is 46.3 Å². The molecule has 7 atom stereocenters. The molecule has 0 aromatic heterocycles. The van der Waals surface area contributed by atoms with Crippen molar-refractivity contribution in [1.29, 1.82) is 0 Å². The molecule has 0 aromatic rings. The summed E-state index contributed by atoms with van der Waals surface area (Å²) in [6, 6.07) is 0. The van der Waals surface area contributed by atoms with Gasteiger partial charge in [0.15, 0.2) is 0 Å². The van der Waals surface area contributed by atoms with Gasteiger partial charge in [0.1, 0.15) is 0 Å². The van der Waals surface area contributed by atoms with Crippen LogP contribution in [0.25, 0.3) is 0 Å². The van der Waals surface area contributed by atoms with E-state index in [2.05, 4.69) is 54.7 Å². The molecular weight excluding hydrogens is 360 g/mol. The van der Waals surface area contributed by atoms with Gasteiger partial charge in [-0.2, -0.15) is 0 Å². The Kier molecular flexibility index (Phi) is 10.4. The standard InChI is InChI=1S/C26H44.2C2H6/c1-17(2)11-13-25(7)20(6)16-19(5)24-22-10-9-21(15-18(3)4)26(22,8)14-12-23(24)25;2*1-2/h18,20-24H,1,5,9-16H2,2-4,6-8H3;2*1-2H3. The third-order valence-electron chi connectivity index (χ3n) is 9.33. The molecule has 0 saturated heterocycles. The minimum atomic E-state index is 0.474. The fourth-order valence-electron chi connectivity index (χ4n) is 7.56. The lowest BCUT2D eigenvalue weighted by molar-refractivity contribution is -0.0706. The third kappa shape index (κ3) is 5.27. The van der Waals surface area contributed by atoms with Gasteiger partial charge in [-0.3, -0.25) is 0 Å². The lowest BCUT2D eigenvalue weighted by atomic mass is 9.45. The largest absolute Gasteiger partial charge is 0.100 e. The second kappa shape index (κ2) is 11.4. The summed E-state index contributed by atoms with van der Waals surface area (Å²) in [5.74, 6) is 5.10. The van der Waals surface area contributed by atoms with Gasteiger partial charge in [-0.15, -0.1) is 6.58 Å². The second-order valence-electron chi connectivity index (χ2n) is 11.4. The molecule has 3 saturated carbocycles. The van der Waals surface area contributed by atoms with Crippen LogP contribution in [0.15, 0.2) is 24.3 Å². The Morgan fingerprint density at radius 3 is 2.17 bits per heavy atom. The molecule has 7 unspecified atom stereocenters. The van der Waals surface area contributed by atoms with Crippen LogP contribution < -0.4 is 0 Å². The van der Waals surface area contributed by atoms with Crippen molar-refractivity contribution >= 4 is 0 Å². The first kappa shape index (κ1) is 27.5. The van der Waals surface area contributed by atoms with Crippen LogP contribution in [-0.2, 0) is 0 Å². The van der Waals surface area contributed by atoms with E-state index in [1.807, 2.05) is 27.7 Å². The zero-order chi connectivity index (χ0) is 23.3. The molecule has 30 heavy (non-hydrogen) atoms. The average Bonchev–Trinajstić information content (AvgIpc) is 3.03. The van der Waals surface area contributed by atoms with Gasteiger partial charge in [-0.25, -0.2) is 0 Å². The maximum atomic E-state index is 4.67. The topological polar surface area (TPSA) is 0 Å². The van der Waals surface area contributed by atoms with Crippen molar-refractivity contribution in [3.8, 4) is 0 Å². The van der Waals surface area contributed by atoms with E-state index in [1.54, 1.807) is 5.57 Å². The van der Waals surface area contributed by atoms with E-state index in [0.717, 1.165) is 35.5 Å². The Morgan fingerprint density at radius 2 is 1.63 bits per heavy atom.